The van der Waals surface area contributed by atoms with Crippen molar-refractivity contribution in [2.45, 2.75) is 32.3 Å². The smallest absolute Gasteiger partial charge is 0.262 e. The van der Waals surface area contributed by atoms with Crippen LogP contribution < -0.4 is 5.73 Å². The van der Waals surface area contributed by atoms with E-state index in [1.54, 1.807) is 18.4 Å². The van der Waals surface area contributed by atoms with Crippen LogP contribution in [0.15, 0.2) is 17.6 Å². The molecular weight excluding hydrogens is 266 g/mol. The summed E-state index contributed by atoms with van der Waals surface area (Å²) in [6.45, 7) is 6.56. The van der Waals surface area contributed by atoms with Gasteiger partial charge < -0.3 is 10.3 Å². The molecule has 0 saturated heterocycles. The van der Waals surface area contributed by atoms with E-state index in [0.29, 0.717) is 13.1 Å². The summed E-state index contributed by atoms with van der Waals surface area (Å²) in [6.07, 6.45) is 3.01. The van der Waals surface area contributed by atoms with E-state index in [1.807, 2.05) is 6.92 Å². The van der Waals surface area contributed by atoms with Crippen molar-refractivity contribution in [3.05, 3.63) is 12.5 Å². The fourth-order valence-corrected chi connectivity index (χ4v) is 3.05. The maximum atomic E-state index is 12.4. The SMILES string of the molecule is CCN(CC(C)C(=N)N)S(=O)(=O)c1cn(CC)cn1. The average Bonchev–Trinajstić information content (AvgIpc) is 2.84. The minimum Gasteiger partial charge on any atom is -0.387 e. The van der Waals surface area contributed by atoms with E-state index in [0.717, 1.165) is 0 Å². The maximum absolute atomic E-state index is 12.4. The van der Waals surface area contributed by atoms with E-state index in [9.17, 15) is 8.42 Å². The van der Waals surface area contributed by atoms with E-state index in [1.165, 1.54) is 16.8 Å². The number of hydrogen-bond acceptors (Lipinski definition) is 4. The minimum atomic E-state index is -3.62. The van der Waals surface area contributed by atoms with Gasteiger partial charge in [-0.15, -0.1) is 0 Å². The predicted octanol–water partition coefficient (Wildman–Crippen LogP) is 0.486. The Morgan fingerprint density at radius 1 is 1.58 bits per heavy atom. The lowest BCUT2D eigenvalue weighted by molar-refractivity contribution is 0.402. The number of sulfonamides is 1. The molecular formula is C11H21N5O2S. The lowest BCUT2D eigenvalue weighted by Crippen LogP contribution is -2.38. The highest BCUT2D eigenvalue weighted by Gasteiger charge is 2.27. The predicted molar refractivity (Wildman–Crippen MR) is 73.4 cm³/mol. The molecule has 1 heterocycles. The van der Waals surface area contributed by atoms with Crippen LogP contribution in [0.4, 0.5) is 0 Å². The highest BCUT2D eigenvalue weighted by Crippen LogP contribution is 2.15. The summed E-state index contributed by atoms with van der Waals surface area (Å²) in [5.41, 5.74) is 5.39. The number of aryl methyl sites for hydroxylation is 1. The van der Waals surface area contributed by atoms with Gasteiger partial charge in [0.2, 0.25) is 0 Å². The Morgan fingerprint density at radius 3 is 2.63 bits per heavy atom. The second-order valence-corrected chi connectivity index (χ2v) is 6.24. The summed E-state index contributed by atoms with van der Waals surface area (Å²) >= 11 is 0. The second-order valence-electron chi connectivity index (χ2n) is 4.35. The van der Waals surface area contributed by atoms with E-state index < -0.39 is 10.0 Å². The summed E-state index contributed by atoms with van der Waals surface area (Å²) in [5, 5.41) is 7.38. The molecule has 0 fully saturated rings. The molecule has 1 rings (SSSR count). The first-order valence-corrected chi connectivity index (χ1v) is 7.62. The molecule has 1 unspecified atom stereocenters. The van der Waals surface area contributed by atoms with Crippen molar-refractivity contribution in [3.63, 3.8) is 0 Å². The highest BCUT2D eigenvalue weighted by atomic mass is 32.2. The van der Waals surface area contributed by atoms with Crippen LogP contribution in [0.1, 0.15) is 20.8 Å². The van der Waals surface area contributed by atoms with Crippen LogP contribution in [0, 0.1) is 11.3 Å². The van der Waals surface area contributed by atoms with Crippen molar-refractivity contribution in [3.8, 4) is 0 Å². The number of aromatic nitrogens is 2. The molecule has 0 aromatic carbocycles. The van der Waals surface area contributed by atoms with Crippen molar-refractivity contribution in [1.29, 1.82) is 5.41 Å². The van der Waals surface area contributed by atoms with Crippen LogP contribution in [0.2, 0.25) is 0 Å². The molecule has 0 aliphatic heterocycles. The van der Waals surface area contributed by atoms with Gasteiger partial charge in [-0.25, -0.2) is 13.4 Å². The molecule has 0 aliphatic rings. The van der Waals surface area contributed by atoms with Crippen LogP contribution in [0.3, 0.4) is 0 Å². The standard InChI is InChI=1S/C11H21N5O2S/c1-4-15-7-10(14-8-15)19(17,18)16(5-2)6-9(3)11(12)13/h7-9H,4-6H2,1-3H3,(H3,12,13). The van der Waals surface area contributed by atoms with Gasteiger partial charge in [0.25, 0.3) is 10.0 Å². The van der Waals surface area contributed by atoms with Crippen LogP contribution in [0.5, 0.6) is 0 Å². The van der Waals surface area contributed by atoms with Gasteiger partial charge in [0.15, 0.2) is 5.03 Å². The Morgan fingerprint density at radius 2 is 2.21 bits per heavy atom. The molecule has 0 radical (unpaired) electrons. The van der Waals surface area contributed by atoms with Crippen molar-refractivity contribution in [2.24, 2.45) is 11.7 Å². The van der Waals surface area contributed by atoms with Gasteiger partial charge in [-0.2, -0.15) is 4.31 Å². The van der Waals surface area contributed by atoms with E-state index >= 15 is 0 Å². The second kappa shape index (κ2) is 6.16. The van der Waals surface area contributed by atoms with Crippen molar-refractivity contribution < 1.29 is 8.42 Å². The number of amidine groups is 1. The number of nitrogens with one attached hydrogen (secondary N) is 1. The third-order valence-electron chi connectivity index (χ3n) is 2.94. The molecule has 1 aromatic heterocycles. The Kier molecular flexibility index (Phi) is 5.07. The number of imidazole rings is 1. The average molecular weight is 287 g/mol. The molecule has 1 atom stereocenters. The molecule has 0 amide bonds. The quantitative estimate of drug-likeness (QED) is 0.562. The topological polar surface area (TPSA) is 105 Å². The first-order valence-electron chi connectivity index (χ1n) is 6.18. The third kappa shape index (κ3) is 3.54. The molecule has 7 nitrogen and oxygen atoms in total. The molecule has 1 aromatic rings. The van der Waals surface area contributed by atoms with Crippen LogP contribution in [0.25, 0.3) is 0 Å². The van der Waals surface area contributed by atoms with E-state index in [2.05, 4.69) is 4.98 Å². The first-order chi connectivity index (χ1) is 8.82. The summed E-state index contributed by atoms with van der Waals surface area (Å²) in [5.74, 6) is -0.337. The zero-order chi connectivity index (χ0) is 14.6. The largest absolute Gasteiger partial charge is 0.387 e. The molecule has 0 bridgehead atoms. The molecule has 8 heteroatoms. The molecule has 0 saturated carbocycles. The van der Waals surface area contributed by atoms with Gasteiger partial charge in [-0.3, -0.25) is 5.41 Å². The van der Waals surface area contributed by atoms with E-state index in [4.69, 9.17) is 11.1 Å². The fraction of sp³-hybridized carbons (Fsp3) is 0.636. The number of rotatable bonds is 7. The zero-order valence-corrected chi connectivity index (χ0v) is 12.3. The minimum absolute atomic E-state index is 0.0206. The van der Waals surface area contributed by atoms with E-state index in [-0.39, 0.29) is 23.3 Å². The monoisotopic (exact) mass is 287 g/mol. The van der Waals surface area contributed by atoms with Crippen molar-refractivity contribution in [1.82, 2.24) is 13.9 Å². The Bertz CT molecular complexity index is 537. The first kappa shape index (κ1) is 15.6. The zero-order valence-electron chi connectivity index (χ0n) is 11.5. The summed E-state index contributed by atoms with van der Waals surface area (Å²) in [6, 6.07) is 0. The molecule has 0 aliphatic carbocycles. The summed E-state index contributed by atoms with van der Waals surface area (Å²) in [4.78, 5) is 3.93. The molecule has 108 valence electrons. The molecule has 19 heavy (non-hydrogen) atoms. The lowest BCUT2D eigenvalue weighted by atomic mass is 10.1. The van der Waals surface area contributed by atoms with Crippen molar-refractivity contribution in [2.75, 3.05) is 13.1 Å². The van der Waals surface area contributed by atoms with Crippen LogP contribution >= 0.6 is 0 Å². The van der Waals surface area contributed by atoms with Crippen LogP contribution in [-0.4, -0.2) is 41.2 Å². The van der Waals surface area contributed by atoms with Gasteiger partial charge in [-0.1, -0.05) is 13.8 Å². The number of hydrogen-bond donors (Lipinski definition) is 2. The Labute approximate surface area is 114 Å². The molecule has 0 spiro atoms. The maximum Gasteiger partial charge on any atom is 0.262 e. The number of nitrogens with zero attached hydrogens (tertiary/aromatic N) is 3. The van der Waals surface area contributed by atoms with Crippen LogP contribution in [-0.2, 0) is 16.6 Å². The third-order valence-corrected chi connectivity index (χ3v) is 4.77. The summed E-state index contributed by atoms with van der Waals surface area (Å²) in [7, 11) is -3.62. The van der Waals surface area contributed by atoms with Crippen molar-refractivity contribution >= 4 is 15.9 Å². The van der Waals surface area contributed by atoms with Gasteiger partial charge in [-0.05, 0) is 6.92 Å². The van der Waals surface area contributed by atoms with Gasteiger partial charge in [0.05, 0.1) is 12.2 Å². The summed E-state index contributed by atoms with van der Waals surface area (Å²) < 4.78 is 27.8. The molecule has 3 N–H and O–H groups in total. The Balaban J connectivity index is 2.98. The van der Waals surface area contributed by atoms with Gasteiger partial charge in [0.1, 0.15) is 0 Å². The fourth-order valence-electron chi connectivity index (χ4n) is 1.58. The Hall–Kier alpha value is -1.41. The lowest BCUT2D eigenvalue weighted by Gasteiger charge is -2.22. The normalized spacial score (nSPS) is 13.7. The number of nitrogens with two attached hydrogens (primary N) is 1. The van der Waals surface area contributed by atoms with Gasteiger partial charge in [0, 0.05) is 31.7 Å². The highest BCUT2D eigenvalue weighted by molar-refractivity contribution is 7.89. The van der Waals surface area contributed by atoms with Gasteiger partial charge >= 0.3 is 0 Å².